The normalized spacial score (nSPS) is 9.76. The third kappa shape index (κ3) is 4.28. The van der Waals surface area contributed by atoms with Crippen LogP contribution < -0.4 is 10.6 Å². The van der Waals surface area contributed by atoms with Crippen molar-refractivity contribution in [2.45, 2.75) is 6.54 Å². The zero-order chi connectivity index (χ0) is 12.8. The van der Waals surface area contributed by atoms with Crippen LogP contribution in [0.5, 0.6) is 0 Å². The summed E-state index contributed by atoms with van der Waals surface area (Å²) in [6.07, 6.45) is -1.30. The van der Waals surface area contributed by atoms with Gasteiger partial charge in [-0.15, -0.1) is 0 Å². The van der Waals surface area contributed by atoms with Crippen molar-refractivity contribution in [3.05, 3.63) is 34.6 Å². The summed E-state index contributed by atoms with van der Waals surface area (Å²) in [6.45, 7) is -0.427. The summed E-state index contributed by atoms with van der Waals surface area (Å²) in [5.41, 5.74) is 0.237. The number of hydrogen-bond donors (Lipinski definition) is 3. The second kappa shape index (κ2) is 6.05. The molecule has 3 N–H and O–H groups in total. The minimum Gasteiger partial charge on any atom is -0.465 e. The Labute approximate surface area is 102 Å². The van der Waals surface area contributed by atoms with Gasteiger partial charge in [-0.2, -0.15) is 0 Å². The molecule has 0 bridgehead atoms. The van der Waals surface area contributed by atoms with Crippen LogP contribution in [-0.2, 0) is 11.3 Å². The molecule has 92 valence electrons. The molecule has 0 saturated heterocycles. The van der Waals surface area contributed by atoms with E-state index < -0.39 is 17.8 Å². The maximum Gasteiger partial charge on any atom is 0.405 e. The number of hydrogen-bond acceptors (Lipinski definition) is 2. The van der Waals surface area contributed by atoms with E-state index >= 15 is 0 Å². The first-order chi connectivity index (χ1) is 8.00. The van der Waals surface area contributed by atoms with E-state index in [0.29, 0.717) is 0 Å². The number of carbonyl (C=O) groups is 2. The molecule has 0 unspecified atom stereocenters. The fourth-order valence-electron chi connectivity index (χ4n) is 1.10. The van der Waals surface area contributed by atoms with Crippen molar-refractivity contribution in [3.8, 4) is 0 Å². The number of halogens is 2. The van der Waals surface area contributed by atoms with Gasteiger partial charge in [0, 0.05) is 12.1 Å². The lowest BCUT2D eigenvalue weighted by atomic mass is 10.2. The third-order valence-electron chi connectivity index (χ3n) is 1.91. The van der Waals surface area contributed by atoms with Gasteiger partial charge in [0.1, 0.15) is 5.82 Å². The summed E-state index contributed by atoms with van der Waals surface area (Å²) in [4.78, 5) is 21.2. The van der Waals surface area contributed by atoms with Crippen molar-refractivity contribution < 1.29 is 19.1 Å². The number of carbonyl (C=O) groups excluding carboxylic acids is 1. The molecule has 0 saturated carbocycles. The van der Waals surface area contributed by atoms with Gasteiger partial charge in [-0.3, -0.25) is 4.79 Å². The van der Waals surface area contributed by atoms with Gasteiger partial charge in [0.15, 0.2) is 0 Å². The highest BCUT2D eigenvalue weighted by Crippen LogP contribution is 2.17. The lowest BCUT2D eigenvalue weighted by Crippen LogP contribution is -2.35. The molecule has 0 heterocycles. The highest BCUT2D eigenvalue weighted by Gasteiger charge is 2.08. The van der Waals surface area contributed by atoms with E-state index in [9.17, 15) is 14.0 Å². The fraction of sp³-hybridized carbons (Fsp3) is 0.200. The number of benzene rings is 1. The molecular formula is C10H10ClFN2O3. The molecule has 2 amide bonds. The molecule has 5 nitrogen and oxygen atoms in total. The summed E-state index contributed by atoms with van der Waals surface area (Å²) < 4.78 is 13.4. The molecule has 0 aliphatic carbocycles. The first kappa shape index (κ1) is 13.2. The van der Waals surface area contributed by atoms with Crippen molar-refractivity contribution in [3.63, 3.8) is 0 Å². The van der Waals surface area contributed by atoms with Gasteiger partial charge in [-0.25, -0.2) is 9.18 Å². The Bertz CT molecular complexity index is 440. The fourth-order valence-corrected chi connectivity index (χ4v) is 1.29. The maximum absolute atomic E-state index is 13.4. The van der Waals surface area contributed by atoms with E-state index in [0.717, 1.165) is 0 Å². The first-order valence-electron chi connectivity index (χ1n) is 4.67. The lowest BCUT2D eigenvalue weighted by Gasteiger charge is -2.06. The number of rotatable bonds is 4. The highest BCUT2D eigenvalue weighted by atomic mass is 35.5. The summed E-state index contributed by atoms with van der Waals surface area (Å²) in [5, 5.41) is 12.5. The van der Waals surface area contributed by atoms with Gasteiger partial charge in [0.2, 0.25) is 5.91 Å². The minimum absolute atomic E-state index is 0.0274. The molecule has 1 aromatic carbocycles. The Morgan fingerprint density at radius 2 is 2.06 bits per heavy atom. The molecule has 17 heavy (non-hydrogen) atoms. The number of amides is 2. The van der Waals surface area contributed by atoms with Crippen LogP contribution in [0.4, 0.5) is 9.18 Å². The van der Waals surface area contributed by atoms with Crippen LogP contribution in [0.3, 0.4) is 0 Å². The van der Waals surface area contributed by atoms with Crippen molar-refractivity contribution >= 4 is 23.6 Å². The molecule has 7 heteroatoms. The zero-order valence-electron chi connectivity index (χ0n) is 8.67. The molecule has 1 aromatic rings. The number of carboxylic acid groups (broad SMARTS) is 1. The second-order valence-electron chi connectivity index (χ2n) is 3.15. The standard InChI is InChI=1S/C10H10ClFN2O3/c11-7-3-1-2-6(9(7)12)4-13-8(15)5-14-10(16)17/h1-3,14H,4-5H2,(H,13,15)(H,16,17). The van der Waals surface area contributed by atoms with Gasteiger partial charge >= 0.3 is 6.09 Å². The van der Waals surface area contributed by atoms with Crippen LogP contribution in [0.15, 0.2) is 18.2 Å². The van der Waals surface area contributed by atoms with Gasteiger partial charge in [-0.1, -0.05) is 23.7 Å². The predicted molar refractivity (Wildman–Crippen MR) is 59.3 cm³/mol. The topological polar surface area (TPSA) is 78.4 Å². The predicted octanol–water partition coefficient (Wildman–Crippen LogP) is 1.36. The van der Waals surface area contributed by atoms with E-state index in [-0.39, 0.29) is 23.7 Å². The molecule has 0 aliphatic rings. The van der Waals surface area contributed by atoms with E-state index in [2.05, 4.69) is 5.32 Å². The van der Waals surface area contributed by atoms with Crippen molar-refractivity contribution in [1.29, 1.82) is 0 Å². The van der Waals surface area contributed by atoms with Crippen LogP contribution in [-0.4, -0.2) is 23.7 Å². The van der Waals surface area contributed by atoms with Gasteiger partial charge in [0.05, 0.1) is 11.6 Å². The highest BCUT2D eigenvalue weighted by molar-refractivity contribution is 6.30. The average Bonchev–Trinajstić information content (AvgIpc) is 2.28. The second-order valence-corrected chi connectivity index (χ2v) is 3.56. The maximum atomic E-state index is 13.4. The third-order valence-corrected chi connectivity index (χ3v) is 2.20. The zero-order valence-corrected chi connectivity index (χ0v) is 9.42. The quantitative estimate of drug-likeness (QED) is 0.765. The SMILES string of the molecule is O=C(O)NCC(=O)NCc1cccc(Cl)c1F. The summed E-state index contributed by atoms with van der Waals surface area (Å²) in [7, 11) is 0. The van der Waals surface area contributed by atoms with Crippen LogP contribution in [0.25, 0.3) is 0 Å². The van der Waals surface area contributed by atoms with E-state index in [1.165, 1.54) is 12.1 Å². The molecule has 0 spiro atoms. The van der Waals surface area contributed by atoms with Crippen LogP contribution >= 0.6 is 11.6 Å². The van der Waals surface area contributed by atoms with Gasteiger partial charge in [0.25, 0.3) is 0 Å². The smallest absolute Gasteiger partial charge is 0.405 e. The first-order valence-corrected chi connectivity index (χ1v) is 5.05. The molecule has 0 aliphatic heterocycles. The summed E-state index contributed by atoms with van der Waals surface area (Å²) in [5.74, 6) is -1.15. The number of nitrogens with one attached hydrogen (secondary N) is 2. The molecule has 0 fully saturated rings. The van der Waals surface area contributed by atoms with Crippen LogP contribution in [0.1, 0.15) is 5.56 Å². The van der Waals surface area contributed by atoms with E-state index in [1.54, 1.807) is 6.07 Å². The summed E-state index contributed by atoms with van der Waals surface area (Å²) >= 11 is 5.55. The molecule has 0 atom stereocenters. The van der Waals surface area contributed by atoms with Crippen LogP contribution in [0, 0.1) is 5.82 Å². The molecule has 1 rings (SSSR count). The Hall–Kier alpha value is -1.82. The Kier molecular flexibility index (Phi) is 4.71. The van der Waals surface area contributed by atoms with E-state index in [1.807, 2.05) is 5.32 Å². The minimum atomic E-state index is -1.30. The largest absolute Gasteiger partial charge is 0.465 e. The van der Waals surface area contributed by atoms with Gasteiger partial charge in [-0.05, 0) is 6.07 Å². The van der Waals surface area contributed by atoms with Crippen molar-refractivity contribution in [2.75, 3.05) is 6.54 Å². The van der Waals surface area contributed by atoms with Crippen LogP contribution in [0.2, 0.25) is 5.02 Å². The molecule has 0 aromatic heterocycles. The lowest BCUT2D eigenvalue weighted by molar-refractivity contribution is -0.120. The van der Waals surface area contributed by atoms with Crippen molar-refractivity contribution in [1.82, 2.24) is 10.6 Å². The Morgan fingerprint density at radius 1 is 1.35 bits per heavy atom. The Morgan fingerprint density at radius 3 is 2.71 bits per heavy atom. The Balaban J connectivity index is 2.47. The van der Waals surface area contributed by atoms with Crippen molar-refractivity contribution in [2.24, 2.45) is 0 Å². The molecular weight excluding hydrogens is 251 g/mol. The van der Waals surface area contributed by atoms with E-state index in [4.69, 9.17) is 16.7 Å². The summed E-state index contributed by atoms with van der Waals surface area (Å²) in [6, 6.07) is 4.43. The monoisotopic (exact) mass is 260 g/mol. The van der Waals surface area contributed by atoms with Gasteiger partial charge < -0.3 is 15.7 Å². The average molecular weight is 261 g/mol. The molecule has 0 radical (unpaired) electrons.